The summed E-state index contributed by atoms with van der Waals surface area (Å²) in [6.07, 6.45) is 1.23. The normalized spacial score (nSPS) is 14.4. The first-order chi connectivity index (χ1) is 16.5. The minimum absolute atomic E-state index is 0.0225. The van der Waals surface area contributed by atoms with Gasteiger partial charge in [0.05, 0.1) is 6.04 Å². The third-order valence-electron chi connectivity index (χ3n) is 5.26. The Hall–Kier alpha value is -3.58. The Bertz CT molecular complexity index is 1090. The zero-order valence-corrected chi connectivity index (χ0v) is 20.0. The Labute approximate surface area is 207 Å². The van der Waals surface area contributed by atoms with Gasteiger partial charge in [-0.05, 0) is 25.0 Å². The van der Waals surface area contributed by atoms with Crippen molar-refractivity contribution in [3.63, 3.8) is 0 Å². The predicted octanol–water partition coefficient (Wildman–Crippen LogP) is -1.21. The van der Waals surface area contributed by atoms with Gasteiger partial charge in [-0.15, -0.1) is 0 Å². The van der Waals surface area contributed by atoms with E-state index in [-0.39, 0.29) is 25.0 Å². The number of carbonyl (C=O) groups excluding carboxylic acids is 4. The van der Waals surface area contributed by atoms with Crippen LogP contribution in [-0.2, 0) is 30.4 Å². The number of amides is 4. The fraction of sp³-hybridized carbons (Fsp3) is 0.409. The number of aromatic nitrogens is 1. The number of carboxylic acids is 1. The number of hydrogen-bond donors (Lipinski definition) is 8. The molecule has 0 saturated carbocycles. The molecule has 13 heteroatoms. The highest BCUT2D eigenvalue weighted by Gasteiger charge is 2.30. The SMILES string of the molecule is CC(N)C(=O)NC(CS)C(=O)NC(CCC(N)=O)C(=O)NC(Cc1c[nH]c2ccccc12)C(=O)O. The molecule has 0 spiro atoms. The summed E-state index contributed by atoms with van der Waals surface area (Å²) in [5.74, 6) is -4.23. The number of benzene rings is 1. The van der Waals surface area contributed by atoms with Crippen LogP contribution in [0.4, 0.5) is 0 Å². The lowest BCUT2D eigenvalue weighted by molar-refractivity contribution is -0.142. The molecular formula is C22H30N6O6S. The Morgan fingerprint density at radius 3 is 2.20 bits per heavy atom. The molecule has 190 valence electrons. The number of carbonyl (C=O) groups is 5. The van der Waals surface area contributed by atoms with Crippen LogP contribution in [0.2, 0.25) is 0 Å². The summed E-state index contributed by atoms with van der Waals surface area (Å²) in [6, 6.07) is 2.73. The monoisotopic (exact) mass is 506 g/mol. The van der Waals surface area contributed by atoms with Crippen molar-refractivity contribution in [3.05, 3.63) is 36.0 Å². The van der Waals surface area contributed by atoms with E-state index in [9.17, 15) is 29.1 Å². The van der Waals surface area contributed by atoms with Crippen molar-refractivity contribution in [2.75, 3.05) is 5.75 Å². The van der Waals surface area contributed by atoms with E-state index >= 15 is 0 Å². The molecule has 0 fully saturated rings. The summed E-state index contributed by atoms with van der Waals surface area (Å²) in [7, 11) is 0. The Morgan fingerprint density at radius 1 is 1.00 bits per heavy atom. The van der Waals surface area contributed by atoms with Crippen molar-refractivity contribution >= 4 is 53.1 Å². The van der Waals surface area contributed by atoms with Gasteiger partial charge in [-0.3, -0.25) is 19.2 Å². The molecule has 0 bridgehead atoms. The van der Waals surface area contributed by atoms with E-state index < -0.39 is 53.8 Å². The molecule has 2 aromatic rings. The number of para-hydroxylation sites is 1. The number of rotatable bonds is 13. The van der Waals surface area contributed by atoms with Crippen molar-refractivity contribution in [1.82, 2.24) is 20.9 Å². The minimum Gasteiger partial charge on any atom is -0.480 e. The Morgan fingerprint density at radius 2 is 1.60 bits per heavy atom. The van der Waals surface area contributed by atoms with Gasteiger partial charge in [-0.1, -0.05) is 18.2 Å². The lowest BCUT2D eigenvalue weighted by Crippen LogP contribution is -2.57. The number of carboxylic acid groups (broad SMARTS) is 1. The molecule has 4 unspecified atom stereocenters. The number of hydrogen-bond acceptors (Lipinski definition) is 7. The number of thiol groups is 1. The van der Waals surface area contributed by atoms with Gasteiger partial charge >= 0.3 is 5.97 Å². The molecular weight excluding hydrogens is 476 g/mol. The van der Waals surface area contributed by atoms with E-state index in [1.807, 2.05) is 24.3 Å². The third-order valence-corrected chi connectivity index (χ3v) is 5.62. The maximum atomic E-state index is 13.0. The molecule has 0 aliphatic carbocycles. The molecule has 35 heavy (non-hydrogen) atoms. The molecule has 1 aromatic carbocycles. The fourth-order valence-corrected chi connectivity index (χ4v) is 3.57. The highest BCUT2D eigenvalue weighted by molar-refractivity contribution is 7.80. The van der Waals surface area contributed by atoms with Crippen LogP contribution < -0.4 is 27.4 Å². The van der Waals surface area contributed by atoms with Gasteiger partial charge in [0.25, 0.3) is 0 Å². The first kappa shape index (κ1) is 27.7. The van der Waals surface area contributed by atoms with Crippen LogP contribution in [0.5, 0.6) is 0 Å². The average molecular weight is 507 g/mol. The van der Waals surface area contributed by atoms with E-state index in [1.54, 1.807) is 6.20 Å². The van der Waals surface area contributed by atoms with Crippen molar-refractivity contribution in [2.24, 2.45) is 11.5 Å². The van der Waals surface area contributed by atoms with Crippen molar-refractivity contribution in [1.29, 1.82) is 0 Å². The molecule has 0 radical (unpaired) electrons. The third kappa shape index (κ3) is 8.00. The second-order valence-electron chi connectivity index (χ2n) is 8.06. The maximum absolute atomic E-state index is 13.0. The molecule has 4 amide bonds. The van der Waals surface area contributed by atoms with E-state index in [2.05, 4.69) is 33.6 Å². The zero-order chi connectivity index (χ0) is 26.1. The molecule has 2 rings (SSSR count). The molecule has 1 aromatic heterocycles. The molecule has 9 N–H and O–H groups in total. The summed E-state index contributed by atoms with van der Waals surface area (Å²) >= 11 is 4.05. The van der Waals surface area contributed by atoms with Crippen molar-refractivity contribution < 1.29 is 29.1 Å². The van der Waals surface area contributed by atoms with Gasteiger partial charge in [0.15, 0.2) is 0 Å². The first-order valence-electron chi connectivity index (χ1n) is 10.9. The van der Waals surface area contributed by atoms with Crippen LogP contribution in [0.3, 0.4) is 0 Å². The van der Waals surface area contributed by atoms with Crippen molar-refractivity contribution in [2.45, 2.75) is 50.4 Å². The van der Waals surface area contributed by atoms with Gasteiger partial charge in [0.2, 0.25) is 23.6 Å². The standard InChI is InChI=1S/C22H30N6O6S/c1-11(23)19(30)28-17(10-35)21(32)26-15(6-7-18(24)29)20(31)27-16(22(33)34)8-12-9-25-14-5-3-2-4-13(12)14/h2-5,9,11,15-17,25,35H,6-8,10,23H2,1H3,(H2,24,29)(H,26,32)(H,27,31)(H,28,30)(H,33,34). The summed E-state index contributed by atoms with van der Waals surface area (Å²) < 4.78 is 0. The van der Waals surface area contributed by atoms with E-state index in [4.69, 9.17) is 11.5 Å². The van der Waals surface area contributed by atoms with Gasteiger partial charge in [-0.2, -0.15) is 12.6 Å². The Balaban J connectivity index is 2.16. The lowest BCUT2D eigenvalue weighted by Gasteiger charge is -2.24. The number of aliphatic carboxylic acids is 1. The van der Waals surface area contributed by atoms with Crippen molar-refractivity contribution in [3.8, 4) is 0 Å². The number of aromatic amines is 1. The van der Waals surface area contributed by atoms with E-state index in [1.165, 1.54) is 6.92 Å². The van der Waals surface area contributed by atoms with Gasteiger partial charge in [0, 0.05) is 35.7 Å². The molecule has 4 atom stereocenters. The van der Waals surface area contributed by atoms with E-state index in [0.29, 0.717) is 5.56 Å². The molecule has 0 saturated heterocycles. The first-order valence-corrected chi connectivity index (χ1v) is 11.5. The van der Waals surface area contributed by atoms with Crippen LogP contribution >= 0.6 is 12.6 Å². The number of nitrogens with one attached hydrogen (secondary N) is 4. The lowest BCUT2D eigenvalue weighted by atomic mass is 10.0. The topological polar surface area (TPSA) is 209 Å². The molecule has 0 aliphatic rings. The smallest absolute Gasteiger partial charge is 0.326 e. The largest absolute Gasteiger partial charge is 0.480 e. The van der Waals surface area contributed by atoms with Crippen LogP contribution in [0, 0.1) is 0 Å². The van der Waals surface area contributed by atoms with Crippen LogP contribution in [0.25, 0.3) is 10.9 Å². The molecule has 0 aliphatic heterocycles. The van der Waals surface area contributed by atoms with Crippen LogP contribution in [0.1, 0.15) is 25.3 Å². The number of primary amides is 1. The van der Waals surface area contributed by atoms with Gasteiger partial charge < -0.3 is 37.5 Å². The zero-order valence-electron chi connectivity index (χ0n) is 19.1. The van der Waals surface area contributed by atoms with Gasteiger partial charge in [0.1, 0.15) is 18.1 Å². The number of nitrogens with two attached hydrogens (primary N) is 2. The van der Waals surface area contributed by atoms with E-state index in [0.717, 1.165) is 10.9 Å². The highest BCUT2D eigenvalue weighted by Crippen LogP contribution is 2.19. The van der Waals surface area contributed by atoms with Crippen LogP contribution in [0.15, 0.2) is 30.5 Å². The Kier molecular flexibility index (Phi) is 10.1. The summed E-state index contributed by atoms with van der Waals surface area (Å²) in [6.45, 7) is 1.44. The molecule has 1 heterocycles. The molecule has 12 nitrogen and oxygen atoms in total. The quantitative estimate of drug-likeness (QED) is 0.155. The minimum atomic E-state index is -1.31. The number of H-pyrrole nitrogens is 1. The fourth-order valence-electron chi connectivity index (χ4n) is 3.32. The summed E-state index contributed by atoms with van der Waals surface area (Å²) in [5.41, 5.74) is 12.2. The summed E-state index contributed by atoms with van der Waals surface area (Å²) in [4.78, 5) is 63.7. The average Bonchev–Trinajstić information content (AvgIpc) is 3.21. The summed E-state index contributed by atoms with van der Waals surface area (Å²) in [5, 5.41) is 17.8. The predicted molar refractivity (Wildman–Crippen MR) is 131 cm³/mol. The second kappa shape index (κ2) is 12.8. The second-order valence-corrected chi connectivity index (χ2v) is 8.43. The van der Waals surface area contributed by atoms with Gasteiger partial charge in [-0.25, -0.2) is 4.79 Å². The maximum Gasteiger partial charge on any atom is 0.326 e. The highest BCUT2D eigenvalue weighted by atomic mass is 32.1. The van der Waals surface area contributed by atoms with Crippen LogP contribution in [-0.4, -0.2) is 69.6 Å². The number of fused-ring (bicyclic) bond motifs is 1.